The number of benzene rings is 2. The lowest BCUT2D eigenvalue weighted by Crippen LogP contribution is -2.16. The largest absolute Gasteiger partial charge is 0.497 e. The molecule has 2 N–H and O–H groups in total. The summed E-state index contributed by atoms with van der Waals surface area (Å²) in [6.07, 6.45) is -2.95. The van der Waals surface area contributed by atoms with E-state index < -0.39 is 22.1 Å². The quantitative estimate of drug-likeness (QED) is 0.689. The third-order valence-electron chi connectivity index (χ3n) is 3.82. The van der Waals surface area contributed by atoms with Crippen molar-refractivity contribution in [2.75, 3.05) is 7.11 Å². The Kier molecular flexibility index (Phi) is 5.18. The number of nitrogens with zero attached hydrogens (tertiary/aromatic N) is 2. The zero-order chi connectivity index (χ0) is 19.8. The lowest BCUT2D eigenvalue weighted by Gasteiger charge is -2.12. The van der Waals surface area contributed by atoms with Crippen molar-refractivity contribution in [3.05, 3.63) is 59.2 Å². The first-order valence-corrected chi connectivity index (χ1v) is 9.49. The zero-order valence-electron chi connectivity index (χ0n) is 13.9. The highest BCUT2D eigenvalue weighted by Crippen LogP contribution is 2.38. The second-order valence-electron chi connectivity index (χ2n) is 5.50. The second kappa shape index (κ2) is 7.26. The van der Waals surface area contributed by atoms with Gasteiger partial charge in [0.2, 0.25) is 10.0 Å². The van der Waals surface area contributed by atoms with Gasteiger partial charge in [-0.2, -0.15) is 5.10 Å². The third kappa shape index (κ3) is 3.66. The number of halogens is 3. The molecule has 2 aromatic carbocycles. The molecule has 27 heavy (non-hydrogen) atoms. The first kappa shape index (κ1) is 19.3. The molecule has 3 aromatic rings. The Hall–Kier alpha value is -2.49. The van der Waals surface area contributed by atoms with Crippen LogP contribution in [0.3, 0.4) is 0 Å². The first-order valence-electron chi connectivity index (χ1n) is 7.57. The smallest absolute Gasteiger partial charge is 0.283 e. The fourth-order valence-corrected chi connectivity index (χ4v) is 3.62. The van der Waals surface area contributed by atoms with Crippen LogP contribution in [0.5, 0.6) is 5.75 Å². The molecule has 0 aliphatic rings. The number of aromatic nitrogens is 2. The van der Waals surface area contributed by atoms with E-state index in [1.165, 1.54) is 25.3 Å². The Labute approximate surface area is 159 Å². The number of hydrogen-bond acceptors (Lipinski definition) is 4. The Bertz CT molecular complexity index is 1080. The molecule has 0 fully saturated rings. The Morgan fingerprint density at radius 2 is 1.78 bits per heavy atom. The molecule has 0 unspecified atom stereocenters. The standard InChI is InChI=1S/C17H14ClF2N3O3S/c1-26-11-8-6-10(7-9-11)16-14(18)15(17(19)20)22-23(16)12-4-2-3-5-13(12)27(21,24)25/h2-9,17H,1H3,(H2,21,24,25). The Balaban J connectivity index is 2.33. The van der Waals surface area contributed by atoms with E-state index in [9.17, 15) is 17.2 Å². The van der Waals surface area contributed by atoms with Gasteiger partial charge in [-0.1, -0.05) is 23.7 Å². The van der Waals surface area contributed by atoms with E-state index >= 15 is 0 Å². The minimum Gasteiger partial charge on any atom is -0.497 e. The average molecular weight is 414 g/mol. The molecule has 0 saturated heterocycles. The van der Waals surface area contributed by atoms with Gasteiger partial charge in [-0.3, -0.25) is 0 Å². The predicted molar refractivity (Wildman–Crippen MR) is 96.9 cm³/mol. The SMILES string of the molecule is COc1ccc(-c2c(Cl)c(C(F)F)nn2-c2ccccc2S(N)(=O)=O)cc1. The zero-order valence-corrected chi connectivity index (χ0v) is 15.5. The number of sulfonamides is 1. The molecule has 0 amide bonds. The van der Waals surface area contributed by atoms with Gasteiger partial charge < -0.3 is 4.74 Å². The topological polar surface area (TPSA) is 87.2 Å². The number of rotatable bonds is 5. The molecule has 0 radical (unpaired) electrons. The van der Waals surface area contributed by atoms with Gasteiger partial charge in [0, 0.05) is 5.56 Å². The summed E-state index contributed by atoms with van der Waals surface area (Å²) in [5.74, 6) is 0.556. The summed E-state index contributed by atoms with van der Waals surface area (Å²) in [6, 6.07) is 12.1. The molecule has 0 atom stereocenters. The van der Waals surface area contributed by atoms with Crippen LogP contribution in [0.1, 0.15) is 12.1 Å². The number of nitrogens with two attached hydrogens (primary N) is 1. The van der Waals surface area contributed by atoms with Crippen LogP contribution in [-0.2, 0) is 10.0 Å². The van der Waals surface area contributed by atoms with Gasteiger partial charge in [-0.15, -0.1) is 0 Å². The minimum atomic E-state index is -4.13. The maximum atomic E-state index is 13.4. The molecule has 142 valence electrons. The van der Waals surface area contributed by atoms with E-state index in [0.29, 0.717) is 11.3 Å². The maximum absolute atomic E-state index is 13.4. The van der Waals surface area contributed by atoms with Crippen molar-refractivity contribution in [2.45, 2.75) is 11.3 Å². The van der Waals surface area contributed by atoms with Crippen molar-refractivity contribution in [3.8, 4) is 22.7 Å². The van der Waals surface area contributed by atoms with Gasteiger partial charge in [-0.05, 0) is 36.4 Å². The average Bonchev–Trinajstić information content (AvgIpc) is 2.98. The van der Waals surface area contributed by atoms with Gasteiger partial charge in [-0.25, -0.2) is 27.0 Å². The van der Waals surface area contributed by atoms with E-state index in [1.54, 1.807) is 30.3 Å². The number of methoxy groups -OCH3 is 1. The van der Waals surface area contributed by atoms with Crippen LogP contribution in [0.25, 0.3) is 16.9 Å². The van der Waals surface area contributed by atoms with Gasteiger partial charge in [0.1, 0.15) is 16.3 Å². The fourth-order valence-electron chi connectivity index (χ4n) is 2.60. The van der Waals surface area contributed by atoms with E-state index in [4.69, 9.17) is 21.5 Å². The minimum absolute atomic E-state index is 0.0135. The van der Waals surface area contributed by atoms with Crippen molar-refractivity contribution >= 4 is 21.6 Å². The van der Waals surface area contributed by atoms with Gasteiger partial charge in [0.25, 0.3) is 6.43 Å². The maximum Gasteiger partial charge on any atom is 0.283 e. The third-order valence-corrected chi connectivity index (χ3v) is 5.15. The number of hydrogen-bond donors (Lipinski definition) is 1. The van der Waals surface area contributed by atoms with E-state index in [1.807, 2.05) is 0 Å². The molecule has 0 saturated carbocycles. The van der Waals surface area contributed by atoms with Gasteiger partial charge in [0.05, 0.1) is 23.5 Å². The molecule has 0 aliphatic heterocycles. The highest BCUT2D eigenvalue weighted by molar-refractivity contribution is 7.89. The monoisotopic (exact) mass is 413 g/mol. The van der Waals surface area contributed by atoms with Gasteiger partial charge in [0.15, 0.2) is 0 Å². The molecule has 0 aliphatic carbocycles. The second-order valence-corrected chi connectivity index (χ2v) is 7.41. The van der Waals surface area contributed by atoms with Gasteiger partial charge >= 0.3 is 0 Å². The normalized spacial score (nSPS) is 11.8. The molecule has 10 heteroatoms. The highest BCUT2D eigenvalue weighted by atomic mass is 35.5. The Morgan fingerprint density at radius 1 is 1.15 bits per heavy atom. The summed E-state index contributed by atoms with van der Waals surface area (Å²) in [5.41, 5.74) is -0.0820. The molecule has 1 aromatic heterocycles. The van der Waals surface area contributed by atoms with E-state index in [-0.39, 0.29) is 21.3 Å². The Morgan fingerprint density at radius 3 is 2.33 bits per heavy atom. The number of alkyl halides is 2. The van der Waals surface area contributed by atoms with Crippen LogP contribution in [0.15, 0.2) is 53.4 Å². The molecule has 0 spiro atoms. The summed E-state index contributed by atoms with van der Waals surface area (Å²) in [6.45, 7) is 0. The molecule has 1 heterocycles. The number of ether oxygens (including phenoxy) is 1. The summed E-state index contributed by atoms with van der Waals surface area (Å²) in [4.78, 5) is -0.264. The predicted octanol–water partition coefficient (Wildman–Crippen LogP) is 3.79. The highest BCUT2D eigenvalue weighted by Gasteiger charge is 2.27. The van der Waals surface area contributed by atoms with Crippen LogP contribution in [0.2, 0.25) is 5.02 Å². The summed E-state index contributed by atoms with van der Waals surface area (Å²) < 4.78 is 56.8. The van der Waals surface area contributed by atoms with Crippen LogP contribution >= 0.6 is 11.6 Å². The molecule has 0 bridgehead atoms. The molecular weight excluding hydrogens is 400 g/mol. The number of primary sulfonamides is 1. The molecular formula is C17H14ClF2N3O3S. The molecule has 3 rings (SSSR count). The first-order chi connectivity index (χ1) is 12.7. The van der Waals surface area contributed by atoms with E-state index in [0.717, 1.165) is 4.68 Å². The van der Waals surface area contributed by atoms with Crippen molar-refractivity contribution in [2.24, 2.45) is 5.14 Å². The summed E-state index contributed by atoms with van der Waals surface area (Å²) in [7, 11) is -2.64. The van der Waals surface area contributed by atoms with Crippen LogP contribution in [0, 0.1) is 0 Å². The lowest BCUT2D eigenvalue weighted by atomic mass is 10.1. The van der Waals surface area contributed by atoms with Crippen molar-refractivity contribution < 1.29 is 21.9 Å². The summed E-state index contributed by atoms with van der Waals surface area (Å²) >= 11 is 6.17. The van der Waals surface area contributed by atoms with Crippen LogP contribution < -0.4 is 9.88 Å². The summed E-state index contributed by atoms with van der Waals surface area (Å²) in [5, 5.41) is 8.84. The fraction of sp³-hybridized carbons (Fsp3) is 0.118. The molecule has 6 nitrogen and oxygen atoms in total. The van der Waals surface area contributed by atoms with Crippen molar-refractivity contribution in [1.29, 1.82) is 0 Å². The van der Waals surface area contributed by atoms with Crippen molar-refractivity contribution in [1.82, 2.24) is 9.78 Å². The lowest BCUT2D eigenvalue weighted by molar-refractivity contribution is 0.145. The van der Waals surface area contributed by atoms with Crippen LogP contribution in [0.4, 0.5) is 8.78 Å². The van der Waals surface area contributed by atoms with Crippen molar-refractivity contribution in [3.63, 3.8) is 0 Å². The van der Waals surface area contributed by atoms with E-state index in [2.05, 4.69) is 5.10 Å². The van der Waals surface area contributed by atoms with Crippen LogP contribution in [-0.4, -0.2) is 25.3 Å². The number of para-hydroxylation sites is 1.